The number of carbonyl (C=O) groups excluding carboxylic acids is 1. The van der Waals surface area contributed by atoms with Gasteiger partial charge >= 0.3 is 5.69 Å². The van der Waals surface area contributed by atoms with Gasteiger partial charge in [0.2, 0.25) is 0 Å². The number of halogens is 1. The molecule has 3 aromatic rings. The molecule has 0 amide bonds. The van der Waals surface area contributed by atoms with Crippen molar-refractivity contribution in [3.05, 3.63) is 70.1 Å². The van der Waals surface area contributed by atoms with E-state index in [9.17, 15) is 9.59 Å². The van der Waals surface area contributed by atoms with Crippen molar-refractivity contribution in [3.8, 4) is 0 Å². The second kappa shape index (κ2) is 10.1. The third kappa shape index (κ3) is 6.08. The minimum absolute atomic E-state index is 0. The number of carbonyl (C=O) groups is 1. The van der Waals surface area contributed by atoms with Crippen molar-refractivity contribution in [3.63, 3.8) is 0 Å². The van der Waals surface area contributed by atoms with Gasteiger partial charge in [0.25, 0.3) is 0 Å². The number of unbranched alkanes of at least 4 members (excludes halogenated alkanes) is 1. The molecular formula is C21H26ClN3O2. The molecule has 0 aliphatic heterocycles. The average Bonchev–Trinajstić information content (AvgIpc) is 3.03. The lowest BCUT2D eigenvalue weighted by atomic mass is 10.0. The van der Waals surface area contributed by atoms with Gasteiger partial charge in [-0.15, -0.1) is 12.4 Å². The molecule has 144 valence electrons. The molecule has 5 nitrogen and oxygen atoms in total. The standard InChI is InChI=1S/C21H25N3O2.ClH/c1-24(14-12-16-7-3-2-4-8-16)13-6-5-9-20(25)17-10-11-18-19(15-17)23-21(26)22-18;/h2-4,7-8,10-11,15H,5-6,9,12-14H2,1H3,(H2,22,23,26);1H. The van der Waals surface area contributed by atoms with Crippen LogP contribution in [0, 0.1) is 0 Å². The van der Waals surface area contributed by atoms with Gasteiger partial charge in [0, 0.05) is 18.5 Å². The van der Waals surface area contributed by atoms with Gasteiger partial charge in [0.1, 0.15) is 0 Å². The molecule has 0 spiro atoms. The minimum Gasteiger partial charge on any atom is -0.306 e. The topological polar surface area (TPSA) is 69.0 Å². The van der Waals surface area contributed by atoms with Crippen molar-refractivity contribution in [2.45, 2.75) is 25.7 Å². The lowest BCUT2D eigenvalue weighted by Crippen LogP contribution is -2.22. The number of benzene rings is 2. The maximum Gasteiger partial charge on any atom is 0.323 e. The largest absolute Gasteiger partial charge is 0.323 e. The van der Waals surface area contributed by atoms with Gasteiger partial charge in [-0.1, -0.05) is 30.3 Å². The Kier molecular flexibility index (Phi) is 7.82. The number of H-pyrrole nitrogens is 2. The molecule has 27 heavy (non-hydrogen) atoms. The zero-order chi connectivity index (χ0) is 18.4. The molecule has 3 rings (SSSR count). The van der Waals surface area contributed by atoms with Crippen LogP contribution in [0.4, 0.5) is 0 Å². The molecule has 2 aromatic carbocycles. The van der Waals surface area contributed by atoms with Gasteiger partial charge in [-0.25, -0.2) is 4.79 Å². The predicted octanol–water partition coefficient (Wildman–Crippen LogP) is 3.81. The normalized spacial score (nSPS) is 10.9. The lowest BCUT2D eigenvalue weighted by molar-refractivity contribution is 0.0978. The fourth-order valence-electron chi connectivity index (χ4n) is 3.09. The Balaban J connectivity index is 0.00000261. The van der Waals surface area contributed by atoms with E-state index >= 15 is 0 Å². The Morgan fingerprint density at radius 2 is 1.70 bits per heavy atom. The van der Waals surface area contributed by atoms with E-state index < -0.39 is 0 Å². The Hall–Kier alpha value is -2.37. The van der Waals surface area contributed by atoms with E-state index in [1.54, 1.807) is 18.2 Å². The minimum atomic E-state index is -0.247. The summed E-state index contributed by atoms with van der Waals surface area (Å²) in [6.45, 7) is 2.01. The van der Waals surface area contributed by atoms with Crippen molar-refractivity contribution in [1.82, 2.24) is 14.9 Å². The molecule has 0 fully saturated rings. The van der Waals surface area contributed by atoms with Crippen molar-refractivity contribution in [2.75, 3.05) is 20.1 Å². The number of Topliss-reactive ketones (excluding diaryl/α,β-unsaturated/α-hetero) is 1. The maximum absolute atomic E-state index is 12.3. The first-order valence-corrected chi connectivity index (χ1v) is 9.09. The SMILES string of the molecule is CN(CCCCC(=O)c1ccc2[nH]c(=O)[nH]c2c1)CCc1ccccc1.Cl. The summed E-state index contributed by atoms with van der Waals surface area (Å²) in [7, 11) is 2.13. The molecule has 0 unspecified atom stereocenters. The molecule has 0 bridgehead atoms. The van der Waals surface area contributed by atoms with E-state index in [0.717, 1.165) is 37.9 Å². The van der Waals surface area contributed by atoms with Crippen LogP contribution < -0.4 is 5.69 Å². The van der Waals surface area contributed by atoms with Gasteiger partial charge in [-0.3, -0.25) is 4.79 Å². The number of imidazole rings is 1. The fraction of sp³-hybridized carbons (Fsp3) is 0.333. The summed E-state index contributed by atoms with van der Waals surface area (Å²) < 4.78 is 0. The van der Waals surface area contributed by atoms with E-state index in [4.69, 9.17) is 0 Å². The van der Waals surface area contributed by atoms with Crippen molar-refractivity contribution < 1.29 is 4.79 Å². The van der Waals surface area contributed by atoms with Crippen LogP contribution in [0.15, 0.2) is 53.3 Å². The van der Waals surface area contributed by atoms with Gasteiger partial charge in [-0.2, -0.15) is 0 Å². The van der Waals surface area contributed by atoms with E-state index in [2.05, 4.69) is 46.2 Å². The van der Waals surface area contributed by atoms with Gasteiger partial charge in [-0.05, 0) is 56.6 Å². The number of hydrogen-bond acceptors (Lipinski definition) is 3. The third-order valence-corrected chi connectivity index (χ3v) is 4.66. The first-order valence-electron chi connectivity index (χ1n) is 9.09. The van der Waals surface area contributed by atoms with Crippen LogP contribution in [0.3, 0.4) is 0 Å². The lowest BCUT2D eigenvalue weighted by Gasteiger charge is -2.16. The number of rotatable bonds is 9. The van der Waals surface area contributed by atoms with Crippen LogP contribution in [-0.4, -0.2) is 40.8 Å². The summed E-state index contributed by atoms with van der Waals surface area (Å²) in [6.07, 6.45) is 3.45. The van der Waals surface area contributed by atoms with Crippen LogP contribution in [0.25, 0.3) is 11.0 Å². The number of fused-ring (bicyclic) bond motifs is 1. The van der Waals surface area contributed by atoms with E-state index in [-0.39, 0.29) is 23.9 Å². The van der Waals surface area contributed by atoms with Crippen molar-refractivity contribution >= 4 is 29.2 Å². The second-order valence-corrected chi connectivity index (χ2v) is 6.76. The quantitative estimate of drug-likeness (QED) is 0.433. The zero-order valence-corrected chi connectivity index (χ0v) is 16.3. The number of nitrogens with one attached hydrogen (secondary N) is 2. The molecule has 0 atom stereocenters. The number of aromatic amines is 2. The molecule has 0 aliphatic carbocycles. The Labute approximate surface area is 165 Å². The smallest absolute Gasteiger partial charge is 0.306 e. The highest BCUT2D eigenvalue weighted by Crippen LogP contribution is 2.13. The number of aromatic nitrogens is 2. The monoisotopic (exact) mass is 387 g/mol. The summed E-state index contributed by atoms with van der Waals surface area (Å²) in [4.78, 5) is 31.3. The highest BCUT2D eigenvalue weighted by Gasteiger charge is 2.08. The molecular weight excluding hydrogens is 362 g/mol. The summed E-state index contributed by atoms with van der Waals surface area (Å²) in [6, 6.07) is 15.8. The van der Waals surface area contributed by atoms with Crippen LogP contribution >= 0.6 is 12.4 Å². The van der Waals surface area contributed by atoms with E-state index in [0.29, 0.717) is 17.5 Å². The molecule has 1 aromatic heterocycles. The summed E-state index contributed by atoms with van der Waals surface area (Å²) in [5, 5.41) is 0. The number of nitrogens with zero attached hydrogens (tertiary/aromatic N) is 1. The number of hydrogen-bond donors (Lipinski definition) is 2. The summed E-state index contributed by atoms with van der Waals surface area (Å²) in [5.74, 6) is 0.126. The molecule has 0 radical (unpaired) electrons. The van der Waals surface area contributed by atoms with Crippen molar-refractivity contribution in [2.24, 2.45) is 0 Å². The molecule has 2 N–H and O–H groups in total. The second-order valence-electron chi connectivity index (χ2n) is 6.76. The Morgan fingerprint density at radius 3 is 2.48 bits per heavy atom. The molecule has 0 saturated heterocycles. The zero-order valence-electron chi connectivity index (χ0n) is 15.5. The average molecular weight is 388 g/mol. The number of likely N-dealkylation sites (N-methyl/N-ethyl adjacent to an activating group) is 1. The Bertz CT molecular complexity index is 918. The first-order chi connectivity index (χ1) is 12.6. The molecule has 0 aliphatic rings. The summed E-state index contributed by atoms with van der Waals surface area (Å²) >= 11 is 0. The van der Waals surface area contributed by atoms with E-state index in [1.807, 2.05) is 6.07 Å². The van der Waals surface area contributed by atoms with Crippen LogP contribution in [-0.2, 0) is 6.42 Å². The Morgan fingerprint density at radius 1 is 0.963 bits per heavy atom. The number of ketones is 1. The highest BCUT2D eigenvalue weighted by molar-refractivity contribution is 5.98. The maximum atomic E-state index is 12.3. The fourth-order valence-corrected chi connectivity index (χ4v) is 3.09. The predicted molar refractivity (Wildman–Crippen MR) is 112 cm³/mol. The summed E-state index contributed by atoms with van der Waals surface area (Å²) in [5.41, 5.74) is 3.18. The van der Waals surface area contributed by atoms with Gasteiger partial charge in [0.15, 0.2) is 5.78 Å². The van der Waals surface area contributed by atoms with Crippen LogP contribution in [0.2, 0.25) is 0 Å². The molecule has 1 heterocycles. The van der Waals surface area contributed by atoms with Crippen molar-refractivity contribution in [1.29, 1.82) is 0 Å². The van der Waals surface area contributed by atoms with Crippen LogP contribution in [0.1, 0.15) is 35.2 Å². The van der Waals surface area contributed by atoms with Gasteiger partial charge < -0.3 is 14.9 Å². The molecule has 0 saturated carbocycles. The van der Waals surface area contributed by atoms with Gasteiger partial charge in [0.05, 0.1) is 11.0 Å². The first kappa shape index (κ1) is 20.9. The highest BCUT2D eigenvalue weighted by atomic mass is 35.5. The molecule has 6 heteroatoms. The van der Waals surface area contributed by atoms with E-state index in [1.165, 1.54) is 5.56 Å². The van der Waals surface area contributed by atoms with Crippen LogP contribution in [0.5, 0.6) is 0 Å². The third-order valence-electron chi connectivity index (χ3n) is 4.66.